The second-order valence-electron chi connectivity index (χ2n) is 8.97. The second-order valence-corrected chi connectivity index (χ2v) is 8.97. The van der Waals surface area contributed by atoms with Crippen LogP contribution in [0.1, 0.15) is 57.8 Å². The summed E-state index contributed by atoms with van der Waals surface area (Å²) in [5.74, 6) is 0.0379. The molecule has 0 spiro atoms. The standard InChI is InChI=1S/C18H28N2O3/c19-15(14(21)12-2-1-3-13(12)16(20)22)17-5-10-4-11(6-17)8-18(23,7-10)9-17/h10-13,15,23H,1-9,19H2,(H2,20,22). The van der Waals surface area contributed by atoms with Gasteiger partial charge in [-0.15, -0.1) is 0 Å². The number of Topliss-reactive ketones (excluding diaryl/α,β-unsaturated/α-hetero) is 1. The van der Waals surface area contributed by atoms with E-state index in [0.717, 1.165) is 38.5 Å². The minimum Gasteiger partial charge on any atom is -0.390 e. The molecule has 5 N–H and O–H groups in total. The zero-order chi connectivity index (χ0) is 16.4. The molecule has 5 nitrogen and oxygen atoms in total. The van der Waals surface area contributed by atoms with Crippen molar-refractivity contribution in [3.8, 4) is 0 Å². The molecule has 23 heavy (non-hydrogen) atoms. The van der Waals surface area contributed by atoms with Crippen molar-refractivity contribution in [2.45, 2.75) is 69.4 Å². The Morgan fingerprint density at radius 2 is 1.65 bits per heavy atom. The van der Waals surface area contributed by atoms with Crippen molar-refractivity contribution in [3.05, 3.63) is 0 Å². The molecule has 5 saturated carbocycles. The summed E-state index contributed by atoms with van der Waals surface area (Å²) in [4.78, 5) is 24.7. The second kappa shape index (κ2) is 5.03. The molecule has 0 saturated heterocycles. The highest BCUT2D eigenvalue weighted by molar-refractivity contribution is 5.92. The number of hydrogen-bond donors (Lipinski definition) is 3. The SMILES string of the molecule is NC(=O)C1CCCC1C(=O)C(N)C12CC3CC(CC(O)(C3)C1)C2. The number of amides is 1. The van der Waals surface area contributed by atoms with Crippen molar-refractivity contribution in [1.82, 2.24) is 0 Å². The van der Waals surface area contributed by atoms with Crippen LogP contribution in [0.5, 0.6) is 0 Å². The average molecular weight is 320 g/mol. The summed E-state index contributed by atoms with van der Waals surface area (Å²) in [6, 6.07) is -0.551. The monoisotopic (exact) mass is 320 g/mol. The third kappa shape index (κ3) is 2.35. The van der Waals surface area contributed by atoms with Gasteiger partial charge in [-0.1, -0.05) is 6.42 Å². The number of nitrogens with two attached hydrogens (primary N) is 2. The van der Waals surface area contributed by atoms with Crippen molar-refractivity contribution in [2.24, 2.45) is 40.6 Å². The van der Waals surface area contributed by atoms with Gasteiger partial charge in [0, 0.05) is 11.8 Å². The third-order valence-corrected chi connectivity index (χ3v) is 7.29. The molecule has 0 radical (unpaired) electrons. The van der Waals surface area contributed by atoms with Crippen LogP contribution in [0.2, 0.25) is 0 Å². The number of hydrogen-bond acceptors (Lipinski definition) is 4. The van der Waals surface area contributed by atoms with Crippen LogP contribution in [-0.2, 0) is 9.59 Å². The summed E-state index contributed by atoms with van der Waals surface area (Å²) in [6.07, 6.45) is 7.83. The minimum absolute atomic E-state index is 0.0249. The molecule has 5 aliphatic rings. The summed E-state index contributed by atoms with van der Waals surface area (Å²) in [7, 11) is 0. The zero-order valence-corrected chi connectivity index (χ0v) is 13.7. The number of carbonyl (C=O) groups excluding carboxylic acids is 2. The largest absolute Gasteiger partial charge is 0.390 e. The first-order chi connectivity index (χ1) is 10.8. The van der Waals surface area contributed by atoms with Crippen LogP contribution in [0, 0.1) is 29.1 Å². The molecule has 0 aromatic heterocycles. The summed E-state index contributed by atoms with van der Waals surface area (Å²) in [5.41, 5.74) is 11.1. The molecule has 5 rings (SSSR count). The van der Waals surface area contributed by atoms with Crippen LogP contribution in [0.25, 0.3) is 0 Å². The lowest BCUT2D eigenvalue weighted by Gasteiger charge is -2.61. The van der Waals surface area contributed by atoms with E-state index < -0.39 is 11.6 Å². The number of rotatable bonds is 4. The topological polar surface area (TPSA) is 106 Å². The Balaban J connectivity index is 1.58. The van der Waals surface area contributed by atoms with Crippen molar-refractivity contribution < 1.29 is 14.7 Å². The van der Waals surface area contributed by atoms with E-state index in [4.69, 9.17) is 11.5 Å². The van der Waals surface area contributed by atoms with Gasteiger partial charge in [0.05, 0.1) is 11.6 Å². The molecular formula is C18H28N2O3. The summed E-state index contributed by atoms with van der Waals surface area (Å²) in [6.45, 7) is 0. The molecule has 0 heterocycles. The third-order valence-electron chi connectivity index (χ3n) is 7.29. The maximum absolute atomic E-state index is 13.1. The molecule has 128 valence electrons. The van der Waals surface area contributed by atoms with Crippen LogP contribution in [0.15, 0.2) is 0 Å². The molecule has 1 amide bonds. The summed E-state index contributed by atoms with van der Waals surface area (Å²) < 4.78 is 0. The number of carbonyl (C=O) groups is 2. The minimum atomic E-state index is -0.610. The highest BCUT2D eigenvalue weighted by atomic mass is 16.3. The van der Waals surface area contributed by atoms with Crippen molar-refractivity contribution in [1.29, 1.82) is 0 Å². The number of primary amides is 1. The van der Waals surface area contributed by atoms with Gasteiger partial charge < -0.3 is 16.6 Å². The molecular weight excluding hydrogens is 292 g/mol. The fourth-order valence-corrected chi connectivity index (χ4v) is 6.82. The fraction of sp³-hybridized carbons (Fsp3) is 0.889. The van der Waals surface area contributed by atoms with Crippen LogP contribution >= 0.6 is 0 Å². The highest BCUT2D eigenvalue weighted by Gasteiger charge is 2.60. The van der Waals surface area contributed by atoms with E-state index in [9.17, 15) is 14.7 Å². The van der Waals surface area contributed by atoms with Gasteiger partial charge in [-0.25, -0.2) is 0 Å². The van der Waals surface area contributed by atoms with Crippen LogP contribution in [0.4, 0.5) is 0 Å². The molecule has 5 unspecified atom stereocenters. The van der Waals surface area contributed by atoms with Gasteiger partial charge in [-0.3, -0.25) is 9.59 Å². The first kappa shape index (κ1) is 15.6. The Bertz CT molecular complexity index is 532. The number of ketones is 1. The normalized spacial score (nSPS) is 49.3. The smallest absolute Gasteiger partial charge is 0.221 e. The van der Waals surface area contributed by atoms with E-state index in [1.807, 2.05) is 0 Å². The number of aliphatic hydroxyl groups is 1. The lowest BCUT2D eigenvalue weighted by molar-refractivity contribution is -0.175. The van der Waals surface area contributed by atoms with Crippen LogP contribution in [0.3, 0.4) is 0 Å². The maximum atomic E-state index is 13.1. The van der Waals surface area contributed by atoms with Crippen molar-refractivity contribution in [2.75, 3.05) is 0 Å². The molecule has 5 aliphatic carbocycles. The summed E-state index contributed by atoms with van der Waals surface area (Å²) >= 11 is 0. The fourth-order valence-electron chi connectivity index (χ4n) is 6.82. The first-order valence-electron chi connectivity index (χ1n) is 9.13. The van der Waals surface area contributed by atoms with Crippen LogP contribution in [-0.4, -0.2) is 28.4 Å². The Morgan fingerprint density at radius 3 is 2.22 bits per heavy atom. The van der Waals surface area contributed by atoms with E-state index in [-0.39, 0.29) is 28.9 Å². The van der Waals surface area contributed by atoms with Gasteiger partial charge in [-0.05, 0) is 68.6 Å². The van der Waals surface area contributed by atoms with Gasteiger partial charge >= 0.3 is 0 Å². The Hall–Kier alpha value is -0.940. The predicted octanol–water partition coefficient (Wildman–Crippen LogP) is 1.12. The molecule has 0 aromatic rings. The molecule has 4 bridgehead atoms. The van der Waals surface area contributed by atoms with Gasteiger partial charge in [0.15, 0.2) is 5.78 Å². The quantitative estimate of drug-likeness (QED) is 0.721. The lowest BCUT2D eigenvalue weighted by atomic mass is 9.45. The maximum Gasteiger partial charge on any atom is 0.221 e. The molecule has 5 fully saturated rings. The molecule has 5 atom stereocenters. The molecule has 0 aromatic carbocycles. The van der Waals surface area contributed by atoms with Gasteiger partial charge in [0.25, 0.3) is 0 Å². The molecule has 5 heteroatoms. The molecule has 0 aliphatic heterocycles. The Labute approximate surface area is 137 Å². The van der Waals surface area contributed by atoms with E-state index in [1.165, 1.54) is 6.42 Å². The Morgan fingerprint density at radius 1 is 1.04 bits per heavy atom. The Kier molecular flexibility index (Phi) is 3.40. The van der Waals surface area contributed by atoms with E-state index in [2.05, 4.69) is 0 Å². The van der Waals surface area contributed by atoms with Gasteiger partial charge in [-0.2, -0.15) is 0 Å². The van der Waals surface area contributed by atoms with E-state index in [1.54, 1.807) is 0 Å². The lowest BCUT2D eigenvalue weighted by Crippen LogP contribution is -2.63. The van der Waals surface area contributed by atoms with Crippen molar-refractivity contribution in [3.63, 3.8) is 0 Å². The first-order valence-corrected chi connectivity index (χ1v) is 9.13. The average Bonchev–Trinajstić information content (AvgIpc) is 2.92. The van der Waals surface area contributed by atoms with Crippen LogP contribution < -0.4 is 11.5 Å². The highest BCUT2D eigenvalue weighted by Crippen LogP contribution is 2.62. The van der Waals surface area contributed by atoms with Crippen molar-refractivity contribution >= 4 is 11.7 Å². The van der Waals surface area contributed by atoms with E-state index >= 15 is 0 Å². The predicted molar refractivity (Wildman–Crippen MR) is 85.1 cm³/mol. The van der Waals surface area contributed by atoms with Gasteiger partial charge in [0.1, 0.15) is 0 Å². The zero-order valence-electron chi connectivity index (χ0n) is 13.7. The van der Waals surface area contributed by atoms with E-state index in [0.29, 0.717) is 24.7 Å². The summed E-state index contributed by atoms with van der Waals surface area (Å²) in [5, 5.41) is 10.9. The van der Waals surface area contributed by atoms with Gasteiger partial charge in [0.2, 0.25) is 5.91 Å².